The molecule has 0 aromatic carbocycles. The lowest BCUT2D eigenvalue weighted by molar-refractivity contribution is 0.227. The SMILES string of the molecule is CC(C)CN1CCN(c2nc(CNC(C)C)co2)CC1. The molecule has 1 fully saturated rings. The second kappa shape index (κ2) is 7.09. The molecule has 1 aromatic heterocycles. The van der Waals surface area contributed by atoms with Crippen molar-refractivity contribution in [2.75, 3.05) is 37.6 Å². The van der Waals surface area contributed by atoms with E-state index < -0.39 is 0 Å². The standard InChI is InChI=1S/C15H28N4O/c1-12(2)10-18-5-7-19(8-6-18)15-17-14(11-20-15)9-16-13(3)4/h11-13,16H,5-10H2,1-4H3. The van der Waals surface area contributed by atoms with Crippen LogP contribution < -0.4 is 10.2 Å². The summed E-state index contributed by atoms with van der Waals surface area (Å²) >= 11 is 0. The molecule has 0 spiro atoms. The zero-order chi connectivity index (χ0) is 14.5. The van der Waals surface area contributed by atoms with Crippen LogP contribution in [0.3, 0.4) is 0 Å². The van der Waals surface area contributed by atoms with Crippen molar-refractivity contribution < 1.29 is 4.42 Å². The fourth-order valence-electron chi connectivity index (χ4n) is 2.47. The quantitative estimate of drug-likeness (QED) is 0.863. The second-order valence-electron chi connectivity index (χ2n) is 6.34. The number of nitrogens with one attached hydrogen (secondary N) is 1. The molecule has 5 nitrogen and oxygen atoms in total. The highest BCUT2D eigenvalue weighted by atomic mass is 16.4. The van der Waals surface area contributed by atoms with Gasteiger partial charge >= 0.3 is 0 Å². The second-order valence-corrected chi connectivity index (χ2v) is 6.34. The van der Waals surface area contributed by atoms with E-state index in [9.17, 15) is 0 Å². The molecule has 0 saturated carbocycles. The Morgan fingerprint density at radius 2 is 1.90 bits per heavy atom. The first kappa shape index (κ1) is 15.3. The van der Waals surface area contributed by atoms with Crippen LogP contribution in [0.1, 0.15) is 33.4 Å². The maximum absolute atomic E-state index is 5.61. The number of hydrogen-bond donors (Lipinski definition) is 1. The average Bonchev–Trinajstić information content (AvgIpc) is 2.85. The maximum Gasteiger partial charge on any atom is 0.297 e. The van der Waals surface area contributed by atoms with Crippen molar-refractivity contribution in [1.29, 1.82) is 0 Å². The van der Waals surface area contributed by atoms with E-state index in [-0.39, 0.29) is 0 Å². The van der Waals surface area contributed by atoms with Gasteiger partial charge in [0.05, 0.1) is 5.69 Å². The predicted octanol–water partition coefficient (Wildman–Crippen LogP) is 1.95. The Labute approximate surface area is 122 Å². The molecule has 1 aliphatic rings. The topological polar surface area (TPSA) is 44.5 Å². The van der Waals surface area contributed by atoms with Crippen molar-refractivity contribution in [3.8, 4) is 0 Å². The Hall–Kier alpha value is -1.07. The van der Waals surface area contributed by atoms with Gasteiger partial charge in [-0.2, -0.15) is 4.98 Å². The van der Waals surface area contributed by atoms with Gasteiger partial charge in [-0.05, 0) is 5.92 Å². The molecule has 2 heterocycles. The summed E-state index contributed by atoms with van der Waals surface area (Å²) in [4.78, 5) is 9.34. The van der Waals surface area contributed by atoms with Gasteiger partial charge in [-0.15, -0.1) is 0 Å². The van der Waals surface area contributed by atoms with Crippen molar-refractivity contribution in [1.82, 2.24) is 15.2 Å². The van der Waals surface area contributed by atoms with Crippen molar-refractivity contribution >= 4 is 6.01 Å². The molecular weight excluding hydrogens is 252 g/mol. The van der Waals surface area contributed by atoms with Crippen LogP contribution in [0.5, 0.6) is 0 Å². The van der Waals surface area contributed by atoms with Gasteiger partial charge in [0.2, 0.25) is 0 Å². The first-order valence-electron chi connectivity index (χ1n) is 7.69. The number of anilines is 1. The minimum atomic E-state index is 0.467. The van der Waals surface area contributed by atoms with Gasteiger partial charge in [0, 0.05) is 45.3 Å². The van der Waals surface area contributed by atoms with E-state index in [0.717, 1.165) is 50.4 Å². The van der Waals surface area contributed by atoms with Crippen LogP contribution in [-0.4, -0.2) is 48.6 Å². The maximum atomic E-state index is 5.61. The van der Waals surface area contributed by atoms with Crippen LogP contribution in [0, 0.1) is 5.92 Å². The molecule has 1 aliphatic heterocycles. The number of nitrogens with zero attached hydrogens (tertiary/aromatic N) is 3. The Balaban J connectivity index is 1.81. The minimum absolute atomic E-state index is 0.467. The average molecular weight is 280 g/mol. The van der Waals surface area contributed by atoms with Crippen molar-refractivity contribution in [2.45, 2.75) is 40.3 Å². The highest BCUT2D eigenvalue weighted by molar-refractivity contribution is 5.28. The van der Waals surface area contributed by atoms with Crippen molar-refractivity contribution in [3.05, 3.63) is 12.0 Å². The molecular formula is C15H28N4O. The minimum Gasteiger partial charge on any atom is -0.432 e. The van der Waals surface area contributed by atoms with Gasteiger partial charge in [-0.3, -0.25) is 4.90 Å². The summed E-state index contributed by atoms with van der Waals surface area (Å²) in [7, 11) is 0. The molecule has 0 atom stereocenters. The van der Waals surface area contributed by atoms with E-state index in [0.29, 0.717) is 6.04 Å². The lowest BCUT2D eigenvalue weighted by atomic mass is 10.2. The first-order chi connectivity index (χ1) is 9.54. The number of hydrogen-bond acceptors (Lipinski definition) is 5. The molecule has 0 bridgehead atoms. The highest BCUT2D eigenvalue weighted by Crippen LogP contribution is 2.16. The van der Waals surface area contributed by atoms with Crippen LogP contribution in [-0.2, 0) is 6.54 Å². The zero-order valence-corrected chi connectivity index (χ0v) is 13.2. The summed E-state index contributed by atoms with van der Waals surface area (Å²) in [5, 5.41) is 3.36. The summed E-state index contributed by atoms with van der Waals surface area (Å²) < 4.78 is 5.61. The predicted molar refractivity (Wildman–Crippen MR) is 82.0 cm³/mol. The third-order valence-corrected chi connectivity index (χ3v) is 3.50. The smallest absolute Gasteiger partial charge is 0.297 e. The molecule has 0 radical (unpaired) electrons. The molecule has 0 aliphatic carbocycles. The van der Waals surface area contributed by atoms with E-state index in [1.807, 2.05) is 0 Å². The highest BCUT2D eigenvalue weighted by Gasteiger charge is 2.20. The summed E-state index contributed by atoms with van der Waals surface area (Å²) in [5.41, 5.74) is 0.985. The molecule has 0 amide bonds. The van der Waals surface area contributed by atoms with E-state index in [1.165, 1.54) is 6.54 Å². The molecule has 0 unspecified atom stereocenters. The Bertz CT molecular complexity index is 394. The Kier molecular flexibility index (Phi) is 5.43. The number of rotatable bonds is 6. The van der Waals surface area contributed by atoms with Gasteiger partial charge in [-0.25, -0.2) is 0 Å². The third-order valence-electron chi connectivity index (χ3n) is 3.50. The first-order valence-corrected chi connectivity index (χ1v) is 7.69. The van der Waals surface area contributed by atoms with Crippen LogP contribution in [0.15, 0.2) is 10.7 Å². The number of piperazine rings is 1. The van der Waals surface area contributed by atoms with E-state index in [1.54, 1.807) is 6.26 Å². The largest absolute Gasteiger partial charge is 0.432 e. The monoisotopic (exact) mass is 280 g/mol. The summed E-state index contributed by atoms with van der Waals surface area (Å²) in [5.74, 6) is 0.733. The molecule has 20 heavy (non-hydrogen) atoms. The molecule has 1 saturated heterocycles. The Morgan fingerprint density at radius 1 is 1.20 bits per heavy atom. The van der Waals surface area contributed by atoms with Gasteiger partial charge in [0.1, 0.15) is 6.26 Å². The Morgan fingerprint density at radius 3 is 2.50 bits per heavy atom. The fourth-order valence-corrected chi connectivity index (χ4v) is 2.47. The normalized spacial score (nSPS) is 17.4. The number of oxazole rings is 1. The molecule has 114 valence electrons. The van der Waals surface area contributed by atoms with Crippen molar-refractivity contribution in [3.63, 3.8) is 0 Å². The molecule has 1 aromatic rings. The van der Waals surface area contributed by atoms with Gasteiger partial charge < -0.3 is 14.6 Å². The van der Waals surface area contributed by atoms with Gasteiger partial charge in [0.25, 0.3) is 6.01 Å². The molecule has 1 N–H and O–H groups in total. The lowest BCUT2D eigenvalue weighted by Crippen LogP contribution is -2.47. The van der Waals surface area contributed by atoms with Crippen LogP contribution in [0.25, 0.3) is 0 Å². The van der Waals surface area contributed by atoms with E-state index in [4.69, 9.17) is 4.42 Å². The molecule has 5 heteroatoms. The zero-order valence-electron chi connectivity index (χ0n) is 13.2. The van der Waals surface area contributed by atoms with Crippen LogP contribution in [0.4, 0.5) is 6.01 Å². The van der Waals surface area contributed by atoms with Crippen molar-refractivity contribution in [2.24, 2.45) is 5.92 Å². The fraction of sp³-hybridized carbons (Fsp3) is 0.800. The number of aromatic nitrogens is 1. The summed E-state index contributed by atoms with van der Waals surface area (Å²) in [6.45, 7) is 15.0. The summed E-state index contributed by atoms with van der Waals surface area (Å²) in [6.07, 6.45) is 1.77. The van der Waals surface area contributed by atoms with Crippen LogP contribution >= 0.6 is 0 Å². The third kappa shape index (κ3) is 4.49. The van der Waals surface area contributed by atoms with Gasteiger partial charge in [-0.1, -0.05) is 27.7 Å². The van der Waals surface area contributed by atoms with Gasteiger partial charge in [0.15, 0.2) is 0 Å². The molecule has 2 rings (SSSR count). The summed E-state index contributed by atoms with van der Waals surface area (Å²) in [6, 6.07) is 1.24. The van der Waals surface area contributed by atoms with E-state index >= 15 is 0 Å². The van der Waals surface area contributed by atoms with Crippen LogP contribution in [0.2, 0.25) is 0 Å². The van der Waals surface area contributed by atoms with E-state index in [2.05, 4.69) is 47.8 Å². The lowest BCUT2D eigenvalue weighted by Gasteiger charge is -2.34.